The summed E-state index contributed by atoms with van der Waals surface area (Å²) >= 11 is 0. The van der Waals surface area contributed by atoms with Gasteiger partial charge in [0.1, 0.15) is 6.04 Å². The van der Waals surface area contributed by atoms with E-state index < -0.39 is 22.2 Å². The highest BCUT2D eigenvalue weighted by atomic mass is 32.2. The standard InChI is InChI=1S/C13H26N2O5S/c1-4-20-13(17)12-7-5-8-15(12)21(18,19)14(11(2)3)9-6-10-16/h11-12,16H,4-10H2,1-3H3. The Bertz CT molecular complexity index is 438. The van der Waals surface area contributed by atoms with Gasteiger partial charge in [-0.05, 0) is 40.0 Å². The Morgan fingerprint density at radius 3 is 2.67 bits per heavy atom. The van der Waals surface area contributed by atoms with Crippen LogP contribution in [0.1, 0.15) is 40.0 Å². The van der Waals surface area contributed by atoms with Gasteiger partial charge in [0.15, 0.2) is 0 Å². The maximum Gasteiger partial charge on any atom is 0.324 e. The van der Waals surface area contributed by atoms with Gasteiger partial charge >= 0.3 is 5.97 Å². The summed E-state index contributed by atoms with van der Waals surface area (Å²) < 4.78 is 33.1. The minimum Gasteiger partial charge on any atom is -0.465 e. The summed E-state index contributed by atoms with van der Waals surface area (Å²) in [4.78, 5) is 11.9. The predicted octanol–water partition coefficient (Wildman–Crippen LogP) is 0.352. The van der Waals surface area contributed by atoms with Crippen LogP contribution in [0.3, 0.4) is 0 Å². The van der Waals surface area contributed by atoms with Crippen LogP contribution in [-0.4, -0.2) is 66.5 Å². The largest absolute Gasteiger partial charge is 0.465 e. The molecule has 8 heteroatoms. The summed E-state index contributed by atoms with van der Waals surface area (Å²) in [6.45, 7) is 6.00. The third kappa shape index (κ3) is 4.38. The molecule has 1 N–H and O–H groups in total. The van der Waals surface area contributed by atoms with Crippen molar-refractivity contribution in [2.24, 2.45) is 0 Å². The summed E-state index contributed by atoms with van der Waals surface area (Å²) in [7, 11) is -3.73. The first-order valence-corrected chi connectivity index (χ1v) is 8.82. The lowest BCUT2D eigenvalue weighted by atomic mass is 10.2. The molecule has 0 spiro atoms. The van der Waals surface area contributed by atoms with Crippen LogP contribution in [0, 0.1) is 0 Å². The van der Waals surface area contributed by atoms with E-state index in [-0.39, 0.29) is 25.8 Å². The Hall–Kier alpha value is -0.700. The Kier molecular flexibility index (Phi) is 7.05. The molecular weight excluding hydrogens is 296 g/mol. The van der Waals surface area contributed by atoms with Crippen molar-refractivity contribution in [2.75, 3.05) is 26.3 Å². The van der Waals surface area contributed by atoms with Gasteiger partial charge in [-0.3, -0.25) is 4.79 Å². The molecule has 1 unspecified atom stereocenters. The van der Waals surface area contributed by atoms with Crippen LogP contribution in [0.15, 0.2) is 0 Å². The molecule has 1 aliphatic heterocycles. The first-order valence-electron chi connectivity index (χ1n) is 7.42. The fraction of sp³-hybridized carbons (Fsp3) is 0.923. The minimum absolute atomic E-state index is 0.0694. The van der Waals surface area contributed by atoms with Gasteiger partial charge in [-0.15, -0.1) is 0 Å². The number of hydrogen-bond acceptors (Lipinski definition) is 5. The Balaban J connectivity index is 2.94. The Morgan fingerprint density at radius 1 is 1.48 bits per heavy atom. The second-order valence-electron chi connectivity index (χ2n) is 5.31. The lowest BCUT2D eigenvalue weighted by Gasteiger charge is -2.32. The fourth-order valence-electron chi connectivity index (χ4n) is 2.49. The number of esters is 1. The van der Waals surface area contributed by atoms with Crippen LogP contribution in [0.25, 0.3) is 0 Å². The van der Waals surface area contributed by atoms with Crippen molar-refractivity contribution in [1.29, 1.82) is 0 Å². The highest BCUT2D eigenvalue weighted by Crippen LogP contribution is 2.25. The molecule has 1 aliphatic rings. The molecule has 21 heavy (non-hydrogen) atoms. The predicted molar refractivity (Wildman–Crippen MR) is 78.8 cm³/mol. The van der Waals surface area contributed by atoms with E-state index in [1.54, 1.807) is 20.8 Å². The third-order valence-electron chi connectivity index (χ3n) is 3.47. The van der Waals surface area contributed by atoms with Crippen LogP contribution in [0.2, 0.25) is 0 Å². The molecule has 1 heterocycles. The summed E-state index contributed by atoms with van der Waals surface area (Å²) in [5.41, 5.74) is 0. The summed E-state index contributed by atoms with van der Waals surface area (Å²) in [6, 6.07) is -0.963. The van der Waals surface area contributed by atoms with Gasteiger partial charge < -0.3 is 9.84 Å². The summed E-state index contributed by atoms with van der Waals surface area (Å²) in [5.74, 6) is -0.482. The topological polar surface area (TPSA) is 87.2 Å². The molecular formula is C13H26N2O5S. The van der Waals surface area contributed by atoms with Crippen LogP contribution in [0.4, 0.5) is 0 Å². The normalized spacial score (nSPS) is 20.4. The van der Waals surface area contributed by atoms with E-state index in [2.05, 4.69) is 0 Å². The van der Waals surface area contributed by atoms with Crippen molar-refractivity contribution in [3.05, 3.63) is 0 Å². The number of ether oxygens (including phenoxy) is 1. The molecule has 0 radical (unpaired) electrons. The van der Waals surface area contributed by atoms with Gasteiger partial charge in [-0.2, -0.15) is 17.0 Å². The molecule has 0 aromatic rings. The molecule has 0 aromatic carbocycles. The van der Waals surface area contributed by atoms with E-state index in [0.29, 0.717) is 25.8 Å². The SMILES string of the molecule is CCOC(=O)C1CCCN1S(=O)(=O)N(CCCO)C(C)C. The van der Waals surface area contributed by atoms with Gasteiger partial charge in [-0.25, -0.2) is 0 Å². The number of carbonyl (C=O) groups excluding carboxylic acids is 1. The van der Waals surface area contributed by atoms with Crippen molar-refractivity contribution in [3.63, 3.8) is 0 Å². The van der Waals surface area contributed by atoms with Crippen LogP contribution < -0.4 is 0 Å². The fourth-order valence-corrected chi connectivity index (χ4v) is 4.53. The highest BCUT2D eigenvalue weighted by Gasteiger charge is 2.42. The first kappa shape index (κ1) is 18.3. The van der Waals surface area contributed by atoms with E-state index in [1.165, 1.54) is 8.61 Å². The molecule has 124 valence electrons. The maximum absolute atomic E-state index is 12.8. The van der Waals surface area contributed by atoms with Crippen molar-refractivity contribution in [3.8, 4) is 0 Å². The summed E-state index contributed by atoms with van der Waals surface area (Å²) in [5, 5.41) is 8.93. The third-order valence-corrected chi connectivity index (χ3v) is 5.69. The zero-order valence-corrected chi connectivity index (χ0v) is 13.8. The average Bonchev–Trinajstić information content (AvgIpc) is 2.88. The molecule has 1 saturated heterocycles. The van der Waals surface area contributed by atoms with Crippen molar-refractivity contribution in [1.82, 2.24) is 8.61 Å². The molecule has 0 amide bonds. The van der Waals surface area contributed by atoms with Crippen molar-refractivity contribution >= 4 is 16.2 Å². The van der Waals surface area contributed by atoms with Crippen LogP contribution in [0.5, 0.6) is 0 Å². The van der Waals surface area contributed by atoms with E-state index in [0.717, 1.165) is 0 Å². The number of hydrogen-bond donors (Lipinski definition) is 1. The van der Waals surface area contributed by atoms with Crippen molar-refractivity contribution in [2.45, 2.75) is 52.1 Å². The van der Waals surface area contributed by atoms with E-state index >= 15 is 0 Å². The molecule has 0 aliphatic carbocycles. The summed E-state index contributed by atoms with van der Waals surface area (Å²) in [6.07, 6.45) is 1.51. The van der Waals surface area contributed by atoms with Gasteiger partial charge in [0.25, 0.3) is 10.2 Å². The molecule has 7 nitrogen and oxygen atoms in total. The Morgan fingerprint density at radius 2 is 2.14 bits per heavy atom. The number of aliphatic hydroxyl groups excluding tert-OH is 1. The van der Waals surface area contributed by atoms with E-state index in [4.69, 9.17) is 9.84 Å². The monoisotopic (exact) mass is 322 g/mol. The zero-order valence-electron chi connectivity index (χ0n) is 13.0. The van der Waals surface area contributed by atoms with Gasteiger partial charge in [-0.1, -0.05) is 0 Å². The van der Waals surface area contributed by atoms with Gasteiger partial charge in [0, 0.05) is 25.7 Å². The van der Waals surface area contributed by atoms with Crippen LogP contribution in [-0.2, 0) is 19.7 Å². The maximum atomic E-state index is 12.8. The second-order valence-corrected chi connectivity index (χ2v) is 7.14. The molecule has 0 saturated carbocycles. The lowest BCUT2D eigenvalue weighted by Crippen LogP contribution is -2.51. The molecule has 1 atom stereocenters. The number of rotatable bonds is 8. The first-order chi connectivity index (χ1) is 9.86. The van der Waals surface area contributed by atoms with E-state index in [1.807, 2.05) is 0 Å². The molecule has 0 aromatic heterocycles. The van der Waals surface area contributed by atoms with Crippen LogP contribution >= 0.6 is 0 Å². The van der Waals surface area contributed by atoms with Gasteiger partial charge in [0.2, 0.25) is 0 Å². The molecule has 0 bridgehead atoms. The molecule has 1 fully saturated rings. The minimum atomic E-state index is -3.73. The quantitative estimate of drug-likeness (QED) is 0.652. The zero-order chi connectivity index (χ0) is 16.0. The number of nitrogens with zero attached hydrogens (tertiary/aromatic N) is 2. The van der Waals surface area contributed by atoms with Gasteiger partial charge in [0.05, 0.1) is 6.61 Å². The molecule has 1 rings (SSSR count). The Labute approximate surface area is 127 Å². The number of carbonyl (C=O) groups is 1. The lowest BCUT2D eigenvalue weighted by molar-refractivity contribution is -0.147. The second kappa shape index (κ2) is 8.07. The van der Waals surface area contributed by atoms with E-state index in [9.17, 15) is 13.2 Å². The number of aliphatic hydroxyl groups is 1. The van der Waals surface area contributed by atoms with Crippen molar-refractivity contribution < 1.29 is 23.1 Å². The smallest absolute Gasteiger partial charge is 0.324 e. The highest BCUT2D eigenvalue weighted by molar-refractivity contribution is 7.86. The average molecular weight is 322 g/mol.